The SMILES string of the molecule is C#CCOc1ccc(/C=C/c2nc3cc(Cl)ccc3o2)cc1OCC. The molecule has 0 saturated heterocycles. The topological polar surface area (TPSA) is 44.5 Å². The predicted octanol–water partition coefficient (Wildman–Crippen LogP) is 5.06. The van der Waals surface area contributed by atoms with E-state index in [-0.39, 0.29) is 6.61 Å². The van der Waals surface area contributed by atoms with Gasteiger partial charge in [0.25, 0.3) is 0 Å². The second-order valence-electron chi connectivity index (χ2n) is 5.13. The summed E-state index contributed by atoms with van der Waals surface area (Å²) in [6, 6.07) is 10.9. The van der Waals surface area contributed by atoms with Crippen molar-refractivity contribution in [2.24, 2.45) is 0 Å². The molecule has 126 valence electrons. The number of hydrogen-bond donors (Lipinski definition) is 0. The number of rotatable bonds is 6. The Bertz CT molecular complexity index is 953. The summed E-state index contributed by atoms with van der Waals surface area (Å²) in [4.78, 5) is 4.39. The van der Waals surface area contributed by atoms with Crippen LogP contribution in [-0.2, 0) is 0 Å². The van der Waals surface area contributed by atoms with Crippen molar-refractivity contribution in [1.29, 1.82) is 0 Å². The molecule has 0 fully saturated rings. The summed E-state index contributed by atoms with van der Waals surface area (Å²) in [5, 5.41) is 0.625. The van der Waals surface area contributed by atoms with E-state index in [0.29, 0.717) is 34.6 Å². The van der Waals surface area contributed by atoms with Gasteiger partial charge in [0.15, 0.2) is 17.1 Å². The first-order valence-electron chi connectivity index (χ1n) is 7.77. The minimum absolute atomic E-state index is 0.195. The normalized spacial score (nSPS) is 10.9. The first kappa shape index (κ1) is 16.9. The number of hydrogen-bond acceptors (Lipinski definition) is 4. The van der Waals surface area contributed by atoms with Crippen molar-refractivity contribution in [3.05, 3.63) is 52.9 Å². The number of benzene rings is 2. The van der Waals surface area contributed by atoms with Gasteiger partial charge in [0, 0.05) is 11.1 Å². The van der Waals surface area contributed by atoms with Crippen LogP contribution >= 0.6 is 11.6 Å². The van der Waals surface area contributed by atoms with Gasteiger partial charge < -0.3 is 13.9 Å². The molecule has 1 aromatic heterocycles. The van der Waals surface area contributed by atoms with Crippen LogP contribution in [0.5, 0.6) is 11.5 Å². The van der Waals surface area contributed by atoms with E-state index in [1.54, 1.807) is 24.3 Å². The van der Waals surface area contributed by atoms with Gasteiger partial charge in [-0.25, -0.2) is 4.98 Å². The third-order valence-corrected chi connectivity index (χ3v) is 3.60. The first-order chi connectivity index (χ1) is 12.2. The molecule has 3 rings (SSSR count). The summed E-state index contributed by atoms with van der Waals surface area (Å²) < 4.78 is 16.8. The third-order valence-electron chi connectivity index (χ3n) is 3.36. The van der Waals surface area contributed by atoms with E-state index in [4.69, 9.17) is 31.9 Å². The molecule has 3 aromatic rings. The Hall–Kier alpha value is -2.90. The van der Waals surface area contributed by atoms with E-state index in [1.807, 2.05) is 31.2 Å². The summed E-state index contributed by atoms with van der Waals surface area (Å²) >= 11 is 5.96. The van der Waals surface area contributed by atoms with Crippen LogP contribution in [0.15, 0.2) is 40.8 Å². The Morgan fingerprint density at radius 3 is 2.84 bits per heavy atom. The molecule has 0 atom stereocenters. The molecule has 1 heterocycles. The maximum atomic E-state index is 5.96. The fraction of sp³-hybridized carbons (Fsp3) is 0.150. The van der Waals surface area contributed by atoms with Gasteiger partial charge in [0.05, 0.1) is 6.61 Å². The molecule has 25 heavy (non-hydrogen) atoms. The minimum atomic E-state index is 0.195. The Morgan fingerprint density at radius 1 is 1.16 bits per heavy atom. The summed E-state index contributed by atoms with van der Waals surface area (Å²) in [5.74, 6) is 4.21. The molecule has 0 aliphatic heterocycles. The van der Waals surface area contributed by atoms with Crippen LogP contribution in [-0.4, -0.2) is 18.2 Å². The van der Waals surface area contributed by atoms with Crippen LogP contribution in [0.3, 0.4) is 0 Å². The van der Waals surface area contributed by atoms with Crippen LogP contribution in [0.25, 0.3) is 23.3 Å². The summed E-state index contributed by atoms with van der Waals surface area (Å²) in [6.45, 7) is 2.64. The molecule has 0 aliphatic carbocycles. The van der Waals surface area contributed by atoms with E-state index in [1.165, 1.54) is 0 Å². The fourth-order valence-corrected chi connectivity index (χ4v) is 2.46. The Kier molecular flexibility index (Phi) is 5.27. The number of halogens is 1. The number of oxazole rings is 1. The molecule has 5 heteroatoms. The second-order valence-corrected chi connectivity index (χ2v) is 5.57. The molecule has 0 radical (unpaired) electrons. The average molecular weight is 354 g/mol. The van der Waals surface area contributed by atoms with Crippen molar-refractivity contribution in [2.45, 2.75) is 6.92 Å². The van der Waals surface area contributed by atoms with Crippen molar-refractivity contribution in [1.82, 2.24) is 4.98 Å². The Morgan fingerprint density at radius 2 is 2.04 bits per heavy atom. The summed E-state index contributed by atoms with van der Waals surface area (Å²) in [7, 11) is 0. The molecule has 0 aliphatic rings. The zero-order chi connectivity index (χ0) is 17.6. The van der Waals surface area contributed by atoms with Crippen LogP contribution < -0.4 is 9.47 Å². The quantitative estimate of drug-likeness (QED) is 0.581. The van der Waals surface area contributed by atoms with Gasteiger partial charge in [-0.05, 0) is 48.9 Å². The van der Waals surface area contributed by atoms with Gasteiger partial charge in [-0.15, -0.1) is 6.42 Å². The molecule has 0 unspecified atom stereocenters. The van der Waals surface area contributed by atoms with Crippen LogP contribution in [0.2, 0.25) is 5.02 Å². The Balaban J connectivity index is 1.84. The van der Waals surface area contributed by atoms with E-state index < -0.39 is 0 Å². The van der Waals surface area contributed by atoms with E-state index >= 15 is 0 Å². The van der Waals surface area contributed by atoms with Crippen molar-refractivity contribution in [3.8, 4) is 23.8 Å². The van der Waals surface area contributed by atoms with Crippen molar-refractivity contribution >= 4 is 34.9 Å². The summed E-state index contributed by atoms with van der Waals surface area (Å²) in [5.41, 5.74) is 2.34. The average Bonchev–Trinajstić information content (AvgIpc) is 3.01. The number of ether oxygens (including phenoxy) is 2. The zero-order valence-electron chi connectivity index (χ0n) is 13.7. The lowest BCUT2D eigenvalue weighted by Gasteiger charge is -2.10. The predicted molar refractivity (Wildman–Crippen MR) is 99.9 cm³/mol. The highest BCUT2D eigenvalue weighted by atomic mass is 35.5. The molecule has 4 nitrogen and oxygen atoms in total. The molecular weight excluding hydrogens is 338 g/mol. The number of terminal acetylenes is 1. The fourth-order valence-electron chi connectivity index (χ4n) is 2.29. The highest BCUT2D eigenvalue weighted by molar-refractivity contribution is 6.31. The van der Waals surface area contributed by atoms with Crippen LogP contribution in [0, 0.1) is 12.3 Å². The van der Waals surface area contributed by atoms with Crippen molar-refractivity contribution < 1.29 is 13.9 Å². The van der Waals surface area contributed by atoms with E-state index in [9.17, 15) is 0 Å². The Labute approximate surface area is 151 Å². The smallest absolute Gasteiger partial charge is 0.220 e. The standard InChI is InChI=1S/C20H16ClNO3/c1-3-11-24-18-8-5-14(12-19(18)23-4-2)6-10-20-22-16-13-15(21)7-9-17(16)25-20/h1,5-10,12-13H,4,11H2,2H3/b10-6+. The lowest BCUT2D eigenvalue weighted by atomic mass is 10.2. The molecular formula is C20H16ClNO3. The number of fused-ring (bicyclic) bond motifs is 1. The van der Waals surface area contributed by atoms with Crippen LogP contribution in [0.4, 0.5) is 0 Å². The van der Waals surface area contributed by atoms with Gasteiger partial charge in [0.1, 0.15) is 12.1 Å². The highest BCUT2D eigenvalue weighted by Crippen LogP contribution is 2.29. The maximum absolute atomic E-state index is 5.96. The zero-order valence-corrected chi connectivity index (χ0v) is 14.4. The number of nitrogens with zero attached hydrogens (tertiary/aromatic N) is 1. The van der Waals surface area contributed by atoms with Crippen molar-refractivity contribution in [3.63, 3.8) is 0 Å². The lowest BCUT2D eigenvalue weighted by molar-refractivity contribution is 0.299. The molecule has 0 bridgehead atoms. The van der Waals surface area contributed by atoms with Gasteiger partial charge in [-0.1, -0.05) is 23.6 Å². The van der Waals surface area contributed by atoms with Gasteiger partial charge >= 0.3 is 0 Å². The molecule has 0 saturated carbocycles. The minimum Gasteiger partial charge on any atom is -0.490 e. The van der Waals surface area contributed by atoms with E-state index in [2.05, 4.69) is 10.9 Å². The summed E-state index contributed by atoms with van der Waals surface area (Å²) in [6.07, 6.45) is 8.91. The third kappa shape index (κ3) is 4.14. The lowest BCUT2D eigenvalue weighted by Crippen LogP contribution is -1.99. The van der Waals surface area contributed by atoms with Gasteiger partial charge in [0.2, 0.25) is 5.89 Å². The van der Waals surface area contributed by atoms with Gasteiger partial charge in [-0.2, -0.15) is 0 Å². The number of aromatic nitrogens is 1. The van der Waals surface area contributed by atoms with E-state index in [0.717, 1.165) is 11.1 Å². The van der Waals surface area contributed by atoms with Crippen molar-refractivity contribution in [2.75, 3.05) is 13.2 Å². The maximum Gasteiger partial charge on any atom is 0.220 e. The van der Waals surface area contributed by atoms with Crippen LogP contribution in [0.1, 0.15) is 18.4 Å². The second kappa shape index (κ2) is 7.78. The highest BCUT2D eigenvalue weighted by Gasteiger charge is 2.06. The first-order valence-corrected chi connectivity index (χ1v) is 8.14. The largest absolute Gasteiger partial charge is 0.490 e. The molecule has 2 aromatic carbocycles. The molecule has 0 N–H and O–H groups in total. The molecule has 0 spiro atoms. The van der Waals surface area contributed by atoms with Gasteiger partial charge in [-0.3, -0.25) is 0 Å². The molecule has 0 amide bonds. The monoisotopic (exact) mass is 353 g/mol.